The van der Waals surface area contributed by atoms with E-state index < -0.39 is 10.0 Å². The topological polar surface area (TPSA) is 66.5 Å². The first-order chi connectivity index (χ1) is 16.3. The fraction of sp³-hybridized carbons (Fsp3) is 0.296. The lowest BCUT2D eigenvalue weighted by atomic mass is 10.1. The molecular weight excluding hydrogens is 464 g/mol. The van der Waals surface area contributed by atoms with Crippen LogP contribution in [-0.2, 0) is 20.6 Å². The number of amides is 1. The van der Waals surface area contributed by atoms with Crippen LogP contribution in [0.1, 0.15) is 28.7 Å². The van der Waals surface area contributed by atoms with Crippen LogP contribution in [0.5, 0.6) is 0 Å². The molecule has 0 fully saturated rings. The van der Waals surface area contributed by atoms with Gasteiger partial charge in [-0.1, -0.05) is 48.5 Å². The second kappa shape index (κ2) is 12.1. The van der Waals surface area contributed by atoms with Crippen LogP contribution in [0.4, 0.5) is 5.69 Å². The standard InChI is InChI=1S/C27H32N2O3S2/c1-21-14-15-25(18-23(21)3)29(34(31,32)26-12-5-4-6-13-26)19-27(30)28-16-9-17-33-20-24-11-8-7-10-22(24)2/h4-8,10-15,18H,9,16-17,19-20H2,1-3H3,(H,28,30). The zero-order chi connectivity index (χ0) is 24.6. The van der Waals surface area contributed by atoms with Gasteiger partial charge in [0.15, 0.2) is 0 Å². The number of nitrogens with one attached hydrogen (secondary N) is 1. The predicted molar refractivity (Wildman–Crippen MR) is 142 cm³/mol. The van der Waals surface area contributed by atoms with Gasteiger partial charge in [0.1, 0.15) is 6.54 Å². The van der Waals surface area contributed by atoms with Crippen molar-refractivity contribution in [3.05, 3.63) is 95.1 Å². The Morgan fingerprint density at radius 1 is 0.882 bits per heavy atom. The first kappa shape index (κ1) is 25.8. The third-order valence-electron chi connectivity index (χ3n) is 5.70. The molecular formula is C27H32N2O3S2. The Bertz CT molecular complexity index is 1210. The molecule has 0 bridgehead atoms. The van der Waals surface area contributed by atoms with Gasteiger partial charge in [-0.05, 0) is 79.5 Å². The third kappa shape index (κ3) is 6.87. The minimum Gasteiger partial charge on any atom is -0.354 e. The fourth-order valence-corrected chi connectivity index (χ4v) is 5.93. The smallest absolute Gasteiger partial charge is 0.264 e. The molecule has 0 atom stereocenters. The molecule has 0 saturated heterocycles. The van der Waals surface area contributed by atoms with E-state index in [1.165, 1.54) is 15.4 Å². The van der Waals surface area contributed by atoms with E-state index in [-0.39, 0.29) is 17.3 Å². The van der Waals surface area contributed by atoms with Gasteiger partial charge in [0.05, 0.1) is 10.6 Å². The molecule has 0 radical (unpaired) electrons. The largest absolute Gasteiger partial charge is 0.354 e. The number of rotatable bonds is 11. The Hall–Kier alpha value is -2.77. The number of anilines is 1. The van der Waals surface area contributed by atoms with Crippen molar-refractivity contribution in [1.82, 2.24) is 5.32 Å². The van der Waals surface area contributed by atoms with Gasteiger partial charge in [0.2, 0.25) is 5.91 Å². The van der Waals surface area contributed by atoms with Crippen LogP contribution in [-0.4, -0.2) is 33.2 Å². The van der Waals surface area contributed by atoms with E-state index in [0.29, 0.717) is 12.2 Å². The van der Waals surface area contributed by atoms with Crippen molar-refractivity contribution in [3.63, 3.8) is 0 Å². The van der Waals surface area contributed by atoms with Crippen molar-refractivity contribution in [2.24, 2.45) is 0 Å². The van der Waals surface area contributed by atoms with Crippen LogP contribution in [0, 0.1) is 20.8 Å². The molecule has 1 N–H and O–H groups in total. The molecule has 0 saturated carbocycles. The molecule has 180 valence electrons. The molecule has 5 nitrogen and oxygen atoms in total. The van der Waals surface area contributed by atoms with Crippen molar-refractivity contribution in [3.8, 4) is 0 Å². The summed E-state index contributed by atoms with van der Waals surface area (Å²) in [4.78, 5) is 12.9. The first-order valence-corrected chi connectivity index (χ1v) is 13.9. The Kier molecular flexibility index (Phi) is 9.19. The maximum absolute atomic E-state index is 13.4. The maximum Gasteiger partial charge on any atom is 0.264 e. The summed E-state index contributed by atoms with van der Waals surface area (Å²) in [6, 6.07) is 22.0. The van der Waals surface area contributed by atoms with Gasteiger partial charge in [-0.3, -0.25) is 9.10 Å². The minimum atomic E-state index is -3.88. The van der Waals surface area contributed by atoms with E-state index >= 15 is 0 Å². The molecule has 0 spiro atoms. The number of aryl methyl sites for hydroxylation is 3. The van der Waals surface area contributed by atoms with Crippen LogP contribution < -0.4 is 9.62 Å². The van der Waals surface area contributed by atoms with Crippen LogP contribution in [0.3, 0.4) is 0 Å². The van der Waals surface area contributed by atoms with Crippen molar-refractivity contribution >= 4 is 33.4 Å². The molecule has 0 aromatic heterocycles. The zero-order valence-electron chi connectivity index (χ0n) is 20.0. The normalized spacial score (nSPS) is 11.3. The molecule has 3 rings (SSSR count). The zero-order valence-corrected chi connectivity index (χ0v) is 21.6. The third-order valence-corrected chi connectivity index (χ3v) is 8.58. The number of hydrogen-bond donors (Lipinski definition) is 1. The highest BCUT2D eigenvalue weighted by molar-refractivity contribution is 7.98. The number of thioether (sulfide) groups is 1. The Morgan fingerprint density at radius 3 is 2.29 bits per heavy atom. The van der Waals surface area contributed by atoms with E-state index in [9.17, 15) is 13.2 Å². The Labute approximate surface area is 207 Å². The molecule has 0 aliphatic heterocycles. The van der Waals surface area contributed by atoms with E-state index in [1.807, 2.05) is 49.9 Å². The van der Waals surface area contributed by atoms with Crippen molar-refractivity contribution < 1.29 is 13.2 Å². The van der Waals surface area contributed by atoms with Crippen LogP contribution in [0.25, 0.3) is 0 Å². The molecule has 3 aromatic carbocycles. The summed E-state index contributed by atoms with van der Waals surface area (Å²) in [5.41, 5.74) is 5.13. The number of sulfonamides is 1. The first-order valence-electron chi connectivity index (χ1n) is 11.3. The lowest BCUT2D eigenvalue weighted by Gasteiger charge is -2.25. The van der Waals surface area contributed by atoms with Gasteiger partial charge >= 0.3 is 0 Å². The van der Waals surface area contributed by atoms with Crippen LogP contribution in [0.2, 0.25) is 0 Å². The molecule has 0 unspecified atom stereocenters. The number of nitrogens with zero attached hydrogens (tertiary/aromatic N) is 1. The van der Waals surface area contributed by atoms with Gasteiger partial charge in [-0.25, -0.2) is 8.42 Å². The minimum absolute atomic E-state index is 0.161. The summed E-state index contributed by atoms with van der Waals surface area (Å²) in [6.07, 6.45) is 0.817. The fourth-order valence-electron chi connectivity index (χ4n) is 3.46. The molecule has 3 aromatic rings. The summed E-state index contributed by atoms with van der Waals surface area (Å²) in [5, 5.41) is 2.88. The Morgan fingerprint density at radius 2 is 1.59 bits per heavy atom. The molecule has 0 heterocycles. The number of hydrogen-bond acceptors (Lipinski definition) is 4. The van der Waals surface area contributed by atoms with Gasteiger partial charge in [-0.2, -0.15) is 11.8 Å². The molecule has 7 heteroatoms. The summed E-state index contributed by atoms with van der Waals surface area (Å²) in [7, 11) is -3.88. The SMILES string of the molecule is Cc1ccc(N(CC(=O)NCCCSCc2ccccc2C)S(=O)(=O)c2ccccc2)cc1C. The molecule has 0 aliphatic rings. The second-order valence-electron chi connectivity index (χ2n) is 8.28. The van der Waals surface area contributed by atoms with E-state index in [1.54, 1.807) is 36.4 Å². The van der Waals surface area contributed by atoms with Crippen molar-refractivity contribution in [1.29, 1.82) is 0 Å². The maximum atomic E-state index is 13.4. The Balaban J connectivity index is 1.60. The van der Waals surface area contributed by atoms with Crippen LogP contribution >= 0.6 is 11.8 Å². The van der Waals surface area contributed by atoms with Gasteiger partial charge in [-0.15, -0.1) is 0 Å². The number of carbonyl (C=O) groups excluding carboxylic acids is 1. The summed E-state index contributed by atoms with van der Waals surface area (Å²) in [5.74, 6) is 1.54. The molecule has 0 aliphatic carbocycles. The monoisotopic (exact) mass is 496 g/mol. The second-order valence-corrected chi connectivity index (χ2v) is 11.2. The summed E-state index contributed by atoms with van der Waals surface area (Å²) < 4.78 is 28.0. The molecule has 34 heavy (non-hydrogen) atoms. The number of carbonyl (C=O) groups is 1. The average Bonchev–Trinajstić information content (AvgIpc) is 2.83. The van der Waals surface area contributed by atoms with E-state index in [2.05, 4.69) is 24.4 Å². The van der Waals surface area contributed by atoms with Crippen molar-refractivity contribution in [2.45, 2.75) is 37.8 Å². The number of benzene rings is 3. The summed E-state index contributed by atoms with van der Waals surface area (Å²) in [6.45, 7) is 6.25. The highest BCUT2D eigenvalue weighted by atomic mass is 32.2. The van der Waals surface area contributed by atoms with Gasteiger partial charge in [0, 0.05) is 12.3 Å². The lowest BCUT2D eigenvalue weighted by molar-refractivity contribution is -0.119. The van der Waals surface area contributed by atoms with E-state index in [4.69, 9.17) is 0 Å². The van der Waals surface area contributed by atoms with Gasteiger partial charge in [0.25, 0.3) is 10.0 Å². The quantitative estimate of drug-likeness (QED) is 0.368. The van der Waals surface area contributed by atoms with Crippen LogP contribution in [0.15, 0.2) is 77.7 Å². The highest BCUT2D eigenvalue weighted by Crippen LogP contribution is 2.25. The molecule has 1 amide bonds. The average molecular weight is 497 g/mol. The van der Waals surface area contributed by atoms with Crippen molar-refractivity contribution in [2.75, 3.05) is 23.1 Å². The van der Waals surface area contributed by atoms with E-state index in [0.717, 1.165) is 29.1 Å². The van der Waals surface area contributed by atoms with Gasteiger partial charge < -0.3 is 5.32 Å². The predicted octanol–water partition coefficient (Wildman–Crippen LogP) is 5.25. The lowest BCUT2D eigenvalue weighted by Crippen LogP contribution is -2.41. The summed E-state index contributed by atoms with van der Waals surface area (Å²) >= 11 is 1.83. The highest BCUT2D eigenvalue weighted by Gasteiger charge is 2.27.